The van der Waals surface area contributed by atoms with E-state index >= 15 is 0 Å². The molecular weight excluding hydrogens is 186 g/mol. The average Bonchev–Trinajstić information content (AvgIpc) is 2.42. The van der Waals surface area contributed by atoms with E-state index in [0.717, 1.165) is 18.7 Å². The first-order valence-electron chi connectivity index (χ1n) is 5.50. The lowest BCUT2D eigenvalue weighted by Crippen LogP contribution is -2.33. The Morgan fingerprint density at radius 2 is 1.93 bits per heavy atom. The average molecular weight is 205 g/mol. The minimum atomic E-state index is -0.664. The normalized spacial score (nSPS) is 32.1. The van der Waals surface area contributed by atoms with Gasteiger partial charge >= 0.3 is 0 Å². The van der Waals surface area contributed by atoms with Crippen LogP contribution in [0.25, 0.3) is 0 Å². The second kappa shape index (κ2) is 3.62. The van der Waals surface area contributed by atoms with E-state index in [4.69, 9.17) is 0 Å². The number of aryl methyl sites for hydroxylation is 1. The van der Waals surface area contributed by atoms with Crippen LogP contribution in [0, 0.1) is 12.8 Å². The lowest BCUT2D eigenvalue weighted by Gasteiger charge is -2.27. The van der Waals surface area contributed by atoms with Crippen LogP contribution in [-0.4, -0.2) is 30.1 Å². The molecule has 0 amide bonds. The van der Waals surface area contributed by atoms with Crippen LogP contribution in [0.1, 0.15) is 18.1 Å². The number of rotatable bonds is 1. The predicted molar refractivity (Wildman–Crippen MR) is 61.7 cm³/mol. The highest BCUT2D eigenvalue weighted by Gasteiger charge is 2.42. The molecule has 0 saturated carbocycles. The third kappa shape index (κ3) is 1.80. The number of hydrogen-bond donors (Lipinski definition) is 1. The number of benzene rings is 1. The van der Waals surface area contributed by atoms with E-state index in [0.29, 0.717) is 5.92 Å². The summed E-state index contributed by atoms with van der Waals surface area (Å²) in [5.41, 5.74) is 1.62. The SMILES string of the molecule is Cc1ccc([C@@]2(O)CN(C)C[C@H]2C)cc1. The van der Waals surface area contributed by atoms with E-state index in [1.54, 1.807) is 0 Å². The molecule has 1 aromatic carbocycles. The first-order chi connectivity index (χ1) is 7.02. The van der Waals surface area contributed by atoms with Crippen LogP contribution in [0.15, 0.2) is 24.3 Å². The molecule has 82 valence electrons. The fraction of sp³-hybridized carbons (Fsp3) is 0.538. The zero-order chi connectivity index (χ0) is 11.1. The maximum Gasteiger partial charge on any atom is 0.106 e. The first kappa shape index (κ1) is 10.7. The first-order valence-corrected chi connectivity index (χ1v) is 5.50. The van der Waals surface area contributed by atoms with Gasteiger partial charge in [-0.05, 0) is 19.5 Å². The molecule has 2 atom stereocenters. The number of nitrogens with zero attached hydrogens (tertiary/aromatic N) is 1. The van der Waals surface area contributed by atoms with E-state index in [1.807, 2.05) is 12.1 Å². The van der Waals surface area contributed by atoms with Gasteiger partial charge < -0.3 is 10.0 Å². The molecule has 0 aliphatic carbocycles. The summed E-state index contributed by atoms with van der Waals surface area (Å²) in [7, 11) is 2.06. The number of likely N-dealkylation sites (tertiary alicyclic amines) is 1. The molecule has 1 aromatic rings. The molecule has 0 aromatic heterocycles. The van der Waals surface area contributed by atoms with Gasteiger partial charge in [-0.25, -0.2) is 0 Å². The van der Waals surface area contributed by atoms with E-state index in [-0.39, 0.29) is 0 Å². The Labute approximate surface area is 91.5 Å². The molecule has 2 heteroatoms. The largest absolute Gasteiger partial charge is 0.383 e. The van der Waals surface area contributed by atoms with Gasteiger partial charge in [0.05, 0.1) is 0 Å². The van der Waals surface area contributed by atoms with Crippen LogP contribution in [0.3, 0.4) is 0 Å². The van der Waals surface area contributed by atoms with Crippen LogP contribution in [0.5, 0.6) is 0 Å². The maximum atomic E-state index is 10.7. The Hall–Kier alpha value is -0.860. The van der Waals surface area contributed by atoms with Gasteiger partial charge in [0.15, 0.2) is 0 Å². The molecule has 1 fully saturated rings. The summed E-state index contributed by atoms with van der Waals surface area (Å²) >= 11 is 0. The number of aliphatic hydroxyl groups is 1. The maximum absolute atomic E-state index is 10.7. The van der Waals surface area contributed by atoms with Crippen LogP contribution in [-0.2, 0) is 5.60 Å². The highest BCUT2D eigenvalue weighted by Crippen LogP contribution is 2.35. The topological polar surface area (TPSA) is 23.5 Å². The van der Waals surface area contributed by atoms with E-state index in [1.165, 1.54) is 5.56 Å². The fourth-order valence-corrected chi connectivity index (χ4v) is 2.47. The summed E-state index contributed by atoms with van der Waals surface area (Å²) in [6.07, 6.45) is 0. The summed E-state index contributed by atoms with van der Waals surface area (Å²) in [5.74, 6) is 0.296. The molecule has 2 rings (SSSR count). The standard InChI is InChI=1S/C13H19NO/c1-10-4-6-12(7-5-10)13(15)9-14(3)8-11(13)2/h4-7,11,15H,8-9H2,1-3H3/t11-,13-/m1/s1. The summed E-state index contributed by atoms with van der Waals surface area (Å²) < 4.78 is 0. The zero-order valence-electron chi connectivity index (χ0n) is 9.70. The molecular formula is C13H19NO. The third-order valence-corrected chi connectivity index (χ3v) is 3.46. The second-order valence-corrected chi connectivity index (χ2v) is 4.89. The van der Waals surface area contributed by atoms with Crippen LogP contribution < -0.4 is 0 Å². The van der Waals surface area contributed by atoms with Gasteiger partial charge in [0.1, 0.15) is 5.60 Å². The van der Waals surface area contributed by atoms with Crippen molar-refractivity contribution in [1.82, 2.24) is 4.90 Å². The van der Waals surface area contributed by atoms with Gasteiger partial charge in [-0.3, -0.25) is 0 Å². The molecule has 1 saturated heterocycles. The fourth-order valence-electron chi connectivity index (χ4n) is 2.47. The lowest BCUT2D eigenvalue weighted by molar-refractivity contribution is 0.0146. The quantitative estimate of drug-likeness (QED) is 0.755. The van der Waals surface area contributed by atoms with Crippen molar-refractivity contribution in [3.8, 4) is 0 Å². The Balaban J connectivity index is 2.33. The molecule has 1 aliphatic rings. The Kier molecular flexibility index (Phi) is 2.57. The smallest absolute Gasteiger partial charge is 0.106 e. The van der Waals surface area contributed by atoms with Crippen LogP contribution in [0.4, 0.5) is 0 Å². The summed E-state index contributed by atoms with van der Waals surface area (Å²) in [5, 5.41) is 10.7. The Morgan fingerprint density at radius 3 is 2.40 bits per heavy atom. The van der Waals surface area contributed by atoms with Gasteiger partial charge in [0, 0.05) is 19.0 Å². The minimum absolute atomic E-state index is 0.296. The van der Waals surface area contributed by atoms with Crippen molar-refractivity contribution in [1.29, 1.82) is 0 Å². The van der Waals surface area contributed by atoms with E-state index in [2.05, 4.69) is 37.9 Å². The highest BCUT2D eigenvalue weighted by molar-refractivity contribution is 5.28. The van der Waals surface area contributed by atoms with Gasteiger partial charge in [0.25, 0.3) is 0 Å². The summed E-state index contributed by atoms with van der Waals surface area (Å²) in [6, 6.07) is 8.23. The van der Waals surface area contributed by atoms with Crippen molar-refractivity contribution in [2.75, 3.05) is 20.1 Å². The van der Waals surface area contributed by atoms with Crippen LogP contribution >= 0.6 is 0 Å². The molecule has 0 unspecified atom stereocenters. The number of likely N-dealkylation sites (N-methyl/N-ethyl adjacent to an activating group) is 1. The zero-order valence-corrected chi connectivity index (χ0v) is 9.70. The molecule has 2 nitrogen and oxygen atoms in total. The predicted octanol–water partition coefficient (Wildman–Crippen LogP) is 1.76. The van der Waals surface area contributed by atoms with Crippen LogP contribution in [0.2, 0.25) is 0 Å². The third-order valence-electron chi connectivity index (χ3n) is 3.46. The molecule has 0 radical (unpaired) electrons. The van der Waals surface area contributed by atoms with Crippen molar-refractivity contribution < 1.29 is 5.11 Å². The van der Waals surface area contributed by atoms with Gasteiger partial charge in [-0.1, -0.05) is 36.8 Å². The summed E-state index contributed by atoms with van der Waals surface area (Å²) in [4.78, 5) is 2.19. The molecule has 0 spiro atoms. The van der Waals surface area contributed by atoms with E-state index < -0.39 is 5.60 Å². The van der Waals surface area contributed by atoms with Crippen molar-refractivity contribution in [2.24, 2.45) is 5.92 Å². The van der Waals surface area contributed by atoms with Crippen molar-refractivity contribution in [3.63, 3.8) is 0 Å². The Morgan fingerprint density at radius 1 is 1.33 bits per heavy atom. The molecule has 15 heavy (non-hydrogen) atoms. The van der Waals surface area contributed by atoms with Crippen molar-refractivity contribution >= 4 is 0 Å². The number of hydrogen-bond acceptors (Lipinski definition) is 2. The van der Waals surface area contributed by atoms with Crippen molar-refractivity contribution in [2.45, 2.75) is 19.4 Å². The van der Waals surface area contributed by atoms with Gasteiger partial charge in [-0.15, -0.1) is 0 Å². The Bertz CT molecular complexity index is 346. The van der Waals surface area contributed by atoms with Gasteiger partial charge in [0.2, 0.25) is 0 Å². The molecule has 0 bridgehead atoms. The minimum Gasteiger partial charge on any atom is -0.383 e. The van der Waals surface area contributed by atoms with Crippen molar-refractivity contribution in [3.05, 3.63) is 35.4 Å². The molecule has 1 aliphatic heterocycles. The van der Waals surface area contributed by atoms with Gasteiger partial charge in [-0.2, -0.15) is 0 Å². The monoisotopic (exact) mass is 205 g/mol. The summed E-state index contributed by atoms with van der Waals surface area (Å²) in [6.45, 7) is 5.88. The molecule has 1 N–H and O–H groups in total. The molecule has 1 heterocycles. The number of β-amino-alcohol motifs (C(OH)–C–C–N with tert-alkyl or cyclic N) is 1. The second-order valence-electron chi connectivity index (χ2n) is 4.89. The van der Waals surface area contributed by atoms with E-state index in [9.17, 15) is 5.11 Å². The highest BCUT2D eigenvalue weighted by atomic mass is 16.3. The lowest BCUT2D eigenvalue weighted by atomic mass is 9.85.